The number of nitrogens with zero attached hydrogens (tertiary/aromatic N) is 1. The molecule has 0 spiro atoms. The van der Waals surface area contributed by atoms with E-state index in [4.69, 9.17) is 0 Å². The van der Waals surface area contributed by atoms with Crippen LogP contribution in [-0.4, -0.2) is 32.7 Å². The number of carbonyl (C=O) groups excluding carboxylic acids is 1. The van der Waals surface area contributed by atoms with Gasteiger partial charge >= 0.3 is 0 Å². The third-order valence-corrected chi connectivity index (χ3v) is 4.07. The second-order valence-corrected chi connectivity index (χ2v) is 5.99. The number of benzene rings is 1. The third kappa shape index (κ3) is 3.54. The van der Waals surface area contributed by atoms with Crippen molar-refractivity contribution < 1.29 is 13.2 Å². The monoisotopic (exact) mass is 256 g/mol. The Labute approximate surface area is 101 Å². The molecule has 0 atom stereocenters. The van der Waals surface area contributed by atoms with Gasteiger partial charge in [0.15, 0.2) is 0 Å². The highest BCUT2D eigenvalue weighted by Gasteiger charge is 2.16. The Kier molecular flexibility index (Phi) is 4.25. The first kappa shape index (κ1) is 13.7. The van der Waals surface area contributed by atoms with E-state index < -0.39 is 10.0 Å². The second kappa shape index (κ2) is 5.29. The minimum Gasteiger partial charge on any atom is -0.352 e. The summed E-state index contributed by atoms with van der Waals surface area (Å²) in [7, 11) is -0.406. The van der Waals surface area contributed by atoms with Crippen molar-refractivity contribution >= 4 is 15.9 Å². The third-order valence-electron chi connectivity index (χ3n) is 2.24. The van der Waals surface area contributed by atoms with Gasteiger partial charge in [0.25, 0.3) is 0 Å². The van der Waals surface area contributed by atoms with Crippen molar-refractivity contribution in [3.8, 4) is 0 Å². The number of amides is 1. The number of hydrogen-bond acceptors (Lipinski definition) is 3. The normalized spacial score (nSPS) is 11.5. The number of carbonyl (C=O) groups is 1. The van der Waals surface area contributed by atoms with Crippen LogP contribution in [0.5, 0.6) is 0 Å². The van der Waals surface area contributed by atoms with Gasteiger partial charge in [0.05, 0.1) is 4.90 Å². The van der Waals surface area contributed by atoms with Crippen LogP contribution in [0.4, 0.5) is 0 Å². The van der Waals surface area contributed by atoms with Gasteiger partial charge in [0.2, 0.25) is 15.9 Å². The van der Waals surface area contributed by atoms with Crippen LogP contribution >= 0.6 is 0 Å². The molecular formula is C11H16N2O3S. The molecule has 94 valence electrons. The summed E-state index contributed by atoms with van der Waals surface area (Å²) in [6.45, 7) is 1.84. The Morgan fingerprint density at radius 1 is 1.24 bits per heavy atom. The zero-order valence-corrected chi connectivity index (χ0v) is 10.9. The highest BCUT2D eigenvalue weighted by Crippen LogP contribution is 2.13. The van der Waals surface area contributed by atoms with Crippen LogP contribution in [0.25, 0.3) is 0 Å². The minimum atomic E-state index is -3.38. The maximum absolute atomic E-state index is 11.8. The quantitative estimate of drug-likeness (QED) is 0.856. The van der Waals surface area contributed by atoms with E-state index in [1.165, 1.54) is 33.2 Å². The van der Waals surface area contributed by atoms with E-state index in [-0.39, 0.29) is 10.8 Å². The van der Waals surface area contributed by atoms with Crippen molar-refractivity contribution in [3.05, 3.63) is 29.8 Å². The molecular weight excluding hydrogens is 240 g/mol. The fourth-order valence-electron chi connectivity index (χ4n) is 1.22. The lowest BCUT2D eigenvalue weighted by Crippen LogP contribution is -2.22. The van der Waals surface area contributed by atoms with Gasteiger partial charge < -0.3 is 5.32 Å². The van der Waals surface area contributed by atoms with Gasteiger partial charge in [-0.3, -0.25) is 4.79 Å². The first-order chi connectivity index (χ1) is 7.84. The summed E-state index contributed by atoms with van der Waals surface area (Å²) in [5.41, 5.74) is 0.859. The average Bonchev–Trinajstić information content (AvgIpc) is 2.26. The standard InChI is InChI=1S/C11H16N2O3S/c1-9(14)12-8-10-4-6-11(7-5-10)17(15,16)13(2)3/h4-7H,8H2,1-3H3,(H,12,14). The second-order valence-electron chi connectivity index (χ2n) is 3.84. The predicted molar refractivity (Wildman–Crippen MR) is 64.8 cm³/mol. The fraction of sp³-hybridized carbons (Fsp3) is 0.364. The van der Waals surface area contributed by atoms with Crippen LogP contribution in [-0.2, 0) is 21.4 Å². The largest absolute Gasteiger partial charge is 0.352 e. The summed E-state index contributed by atoms with van der Waals surface area (Å²) in [6, 6.07) is 6.44. The van der Waals surface area contributed by atoms with Gasteiger partial charge in [-0.1, -0.05) is 12.1 Å². The van der Waals surface area contributed by atoms with E-state index >= 15 is 0 Å². The van der Waals surface area contributed by atoms with Gasteiger partial charge in [-0.15, -0.1) is 0 Å². The van der Waals surface area contributed by atoms with Gasteiger partial charge in [-0.2, -0.15) is 0 Å². The highest BCUT2D eigenvalue weighted by molar-refractivity contribution is 7.89. The summed E-state index contributed by atoms with van der Waals surface area (Å²) in [5.74, 6) is -0.116. The molecule has 0 heterocycles. The van der Waals surface area contributed by atoms with E-state index in [9.17, 15) is 13.2 Å². The summed E-state index contributed by atoms with van der Waals surface area (Å²) in [4.78, 5) is 11.0. The number of rotatable bonds is 4. The van der Waals surface area contributed by atoms with Gasteiger partial charge in [-0.05, 0) is 17.7 Å². The summed E-state index contributed by atoms with van der Waals surface area (Å²) in [5, 5.41) is 2.64. The van der Waals surface area contributed by atoms with Crippen molar-refractivity contribution in [2.45, 2.75) is 18.4 Å². The SMILES string of the molecule is CC(=O)NCc1ccc(S(=O)(=O)N(C)C)cc1. The van der Waals surface area contributed by atoms with Gasteiger partial charge in [0, 0.05) is 27.6 Å². The molecule has 0 aromatic heterocycles. The predicted octanol–water partition coefficient (Wildman–Crippen LogP) is 0.573. The molecule has 5 nitrogen and oxygen atoms in total. The smallest absolute Gasteiger partial charge is 0.242 e. The van der Waals surface area contributed by atoms with Gasteiger partial charge in [0.1, 0.15) is 0 Å². The van der Waals surface area contributed by atoms with E-state index in [2.05, 4.69) is 5.32 Å². The Bertz CT molecular complexity index is 492. The van der Waals surface area contributed by atoms with Crippen LogP contribution in [0.2, 0.25) is 0 Å². The molecule has 0 bridgehead atoms. The Balaban J connectivity index is 2.85. The molecule has 0 unspecified atom stereocenters. The molecule has 0 aliphatic carbocycles. The molecule has 0 aliphatic heterocycles. The van der Waals surface area contributed by atoms with Crippen molar-refractivity contribution in [1.82, 2.24) is 9.62 Å². The highest BCUT2D eigenvalue weighted by atomic mass is 32.2. The maximum atomic E-state index is 11.8. The van der Waals surface area contributed by atoms with Crippen LogP contribution < -0.4 is 5.32 Å². The van der Waals surface area contributed by atoms with Gasteiger partial charge in [-0.25, -0.2) is 12.7 Å². The molecule has 1 N–H and O–H groups in total. The number of sulfonamides is 1. The lowest BCUT2D eigenvalue weighted by Gasteiger charge is -2.11. The molecule has 1 aromatic carbocycles. The molecule has 1 amide bonds. The molecule has 1 rings (SSSR count). The maximum Gasteiger partial charge on any atom is 0.242 e. The van der Waals surface area contributed by atoms with Crippen LogP contribution in [0, 0.1) is 0 Å². The zero-order chi connectivity index (χ0) is 13.1. The Hall–Kier alpha value is -1.40. The number of hydrogen-bond donors (Lipinski definition) is 1. The molecule has 0 saturated heterocycles. The number of nitrogens with one attached hydrogen (secondary N) is 1. The van der Waals surface area contributed by atoms with E-state index in [1.54, 1.807) is 12.1 Å². The molecule has 17 heavy (non-hydrogen) atoms. The van der Waals surface area contributed by atoms with E-state index in [0.29, 0.717) is 6.54 Å². The topological polar surface area (TPSA) is 66.5 Å². The van der Waals surface area contributed by atoms with Crippen LogP contribution in [0.1, 0.15) is 12.5 Å². The lowest BCUT2D eigenvalue weighted by atomic mass is 10.2. The molecule has 0 radical (unpaired) electrons. The van der Waals surface area contributed by atoms with Crippen molar-refractivity contribution in [1.29, 1.82) is 0 Å². The van der Waals surface area contributed by atoms with Crippen molar-refractivity contribution in [2.24, 2.45) is 0 Å². The fourth-order valence-corrected chi connectivity index (χ4v) is 2.12. The first-order valence-corrected chi connectivity index (χ1v) is 6.54. The first-order valence-electron chi connectivity index (χ1n) is 5.10. The Morgan fingerprint density at radius 3 is 2.18 bits per heavy atom. The van der Waals surface area contributed by atoms with E-state index in [1.807, 2.05) is 0 Å². The summed E-state index contributed by atoms with van der Waals surface area (Å²) in [6.07, 6.45) is 0. The minimum absolute atomic E-state index is 0.116. The Morgan fingerprint density at radius 2 is 1.76 bits per heavy atom. The molecule has 0 saturated carbocycles. The molecule has 6 heteroatoms. The van der Waals surface area contributed by atoms with Crippen molar-refractivity contribution in [2.75, 3.05) is 14.1 Å². The summed E-state index contributed by atoms with van der Waals surface area (Å²) >= 11 is 0. The van der Waals surface area contributed by atoms with Crippen LogP contribution in [0.3, 0.4) is 0 Å². The average molecular weight is 256 g/mol. The van der Waals surface area contributed by atoms with Crippen molar-refractivity contribution in [3.63, 3.8) is 0 Å². The molecule has 1 aromatic rings. The summed E-state index contributed by atoms with van der Waals surface area (Å²) < 4.78 is 24.7. The van der Waals surface area contributed by atoms with Crippen LogP contribution in [0.15, 0.2) is 29.2 Å². The van der Waals surface area contributed by atoms with E-state index in [0.717, 1.165) is 9.87 Å². The lowest BCUT2D eigenvalue weighted by molar-refractivity contribution is -0.119. The molecule has 0 aliphatic rings. The zero-order valence-electron chi connectivity index (χ0n) is 10.1. The molecule has 0 fully saturated rings.